The Morgan fingerprint density at radius 2 is 2.17 bits per heavy atom. The molecule has 0 bridgehead atoms. The van der Waals surface area contributed by atoms with E-state index in [2.05, 4.69) is 21.2 Å². The minimum Gasteiger partial charge on any atom is -0.385 e. The summed E-state index contributed by atoms with van der Waals surface area (Å²) in [5, 5.41) is 3.27. The summed E-state index contributed by atoms with van der Waals surface area (Å²) >= 11 is 3.27. The molecule has 1 atom stereocenters. The van der Waals surface area contributed by atoms with Crippen molar-refractivity contribution in [3.05, 3.63) is 35.4 Å². The van der Waals surface area contributed by atoms with E-state index in [-0.39, 0.29) is 11.6 Å². The smallest absolute Gasteiger partial charge is 0.251 e. The van der Waals surface area contributed by atoms with Crippen LogP contribution in [0.1, 0.15) is 16.8 Å². The number of hydrogen-bond acceptors (Lipinski definition) is 2. The minimum atomic E-state index is -1.03. The van der Waals surface area contributed by atoms with Crippen LogP contribution in [0.5, 0.6) is 0 Å². The zero-order valence-electron chi connectivity index (χ0n) is 9.88. The molecule has 0 radical (unpaired) electrons. The Morgan fingerprint density at radius 3 is 2.72 bits per heavy atom. The lowest BCUT2D eigenvalue weighted by Crippen LogP contribution is -2.36. The maximum absolute atomic E-state index is 13.0. The monoisotopic (exact) mass is 321 g/mol. The topological polar surface area (TPSA) is 38.3 Å². The van der Waals surface area contributed by atoms with Gasteiger partial charge in [-0.2, -0.15) is 0 Å². The Kier molecular flexibility index (Phi) is 6.21. The van der Waals surface area contributed by atoms with E-state index in [1.165, 1.54) is 6.07 Å². The van der Waals surface area contributed by atoms with Gasteiger partial charge in [-0.3, -0.25) is 4.79 Å². The summed E-state index contributed by atoms with van der Waals surface area (Å²) in [5.74, 6) is -2.44. The van der Waals surface area contributed by atoms with Gasteiger partial charge >= 0.3 is 0 Å². The maximum Gasteiger partial charge on any atom is 0.251 e. The lowest BCUT2D eigenvalue weighted by Gasteiger charge is -2.15. The number of carbonyl (C=O) groups is 1. The van der Waals surface area contributed by atoms with Gasteiger partial charge in [0, 0.05) is 30.7 Å². The van der Waals surface area contributed by atoms with E-state index in [0.29, 0.717) is 18.4 Å². The number of hydrogen-bond donors (Lipinski definition) is 1. The Bertz CT molecular complexity index is 415. The van der Waals surface area contributed by atoms with Gasteiger partial charge in [-0.1, -0.05) is 15.9 Å². The molecule has 0 heterocycles. The first-order chi connectivity index (χ1) is 8.58. The number of nitrogens with one attached hydrogen (secondary N) is 1. The van der Waals surface area contributed by atoms with Crippen LogP contribution >= 0.6 is 15.9 Å². The van der Waals surface area contributed by atoms with Crippen molar-refractivity contribution in [1.29, 1.82) is 0 Å². The summed E-state index contributed by atoms with van der Waals surface area (Å²) < 4.78 is 30.6. The van der Waals surface area contributed by atoms with Gasteiger partial charge in [0.2, 0.25) is 0 Å². The lowest BCUT2D eigenvalue weighted by molar-refractivity contribution is 0.0930. The molecule has 1 rings (SSSR count). The third-order valence-electron chi connectivity index (χ3n) is 2.37. The van der Waals surface area contributed by atoms with Gasteiger partial charge in [-0.15, -0.1) is 0 Å². The van der Waals surface area contributed by atoms with Gasteiger partial charge in [0.05, 0.1) is 0 Å². The van der Waals surface area contributed by atoms with E-state index >= 15 is 0 Å². The maximum atomic E-state index is 13.0. The molecule has 3 nitrogen and oxygen atoms in total. The van der Waals surface area contributed by atoms with E-state index in [4.69, 9.17) is 4.74 Å². The average Bonchev–Trinajstić information content (AvgIpc) is 2.37. The Labute approximate surface area is 113 Å². The molecule has 0 saturated heterocycles. The highest BCUT2D eigenvalue weighted by molar-refractivity contribution is 9.09. The Balaban J connectivity index is 2.65. The highest BCUT2D eigenvalue weighted by Gasteiger charge is 2.14. The minimum absolute atomic E-state index is 0.0947. The predicted octanol–water partition coefficient (Wildman–Crippen LogP) is 2.49. The molecule has 1 N–H and O–H groups in total. The van der Waals surface area contributed by atoms with Crippen LogP contribution in [0.2, 0.25) is 0 Å². The van der Waals surface area contributed by atoms with E-state index < -0.39 is 17.5 Å². The van der Waals surface area contributed by atoms with Gasteiger partial charge in [0.1, 0.15) is 0 Å². The van der Waals surface area contributed by atoms with Crippen molar-refractivity contribution < 1.29 is 18.3 Å². The van der Waals surface area contributed by atoms with Crippen LogP contribution in [0, 0.1) is 11.6 Å². The molecule has 0 aliphatic rings. The van der Waals surface area contributed by atoms with Gasteiger partial charge in [0.25, 0.3) is 5.91 Å². The lowest BCUT2D eigenvalue weighted by atomic mass is 10.1. The third-order valence-corrected chi connectivity index (χ3v) is 3.16. The summed E-state index contributed by atoms with van der Waals surface area (Å²) in [6, 6.07) is 2.94. The second kappa shape index (κ2) is 7.43. The molecule has 0 aliphatic heterocycles. The number of rotatable bonds is 6. The number of alkyl halides is 1. The summed E-state index contributed by atoms with van der Waals surface area (Å²) in [7, 11) is 1.57. The van der Waals surface area contributed by atoms with Crippen molar-refractivity contribution in [2.24, 2.45) is 0 Å². The number of ether oxygens (including phenoxy) is 1. The molecule has 18 heavy (non-hydrogen) atoms. The van der Waals surface area contributed by atoms with Crippen molar-refractivity contribution >= 4 is 21.8 Å². The Hall–Kier alpha value is -1.01. The molecular formula is C12H14BrF2NO2. The van der Waals surface area contributed by atoms with Crippen LogP contribution in [0.25, 0.3) is 0 Å². The number of benzene rings is 1. The van der Waals surface area contributed by atoms with E-state index in [9.17, 15) is 13.6 Å². The second-order valence-electron chi connectivity index (χ2n) is 3.74. The quantitative estimate of drug-likeness (QED) is 0.817. The second-order valence-corrected chi connectivity index (χ2v) is 4.38. The molecule has 0 fully saturated rings. The SMILES string of the molecule is COCCC(CBr)NC(=O)c1ccc(F)c(F)c1. The first-order valence-electron chi connectivity index (χ1n) is 5.39. The predicted molar refractivity (Wildman–Crippen MR) is 67.9 cm³/mol. The molecule has 1 amide bonds. The van der Waals surface area contributed by atoms with E-state index in [1.54, 1.807) is 7.11 Å². The fourth-order valence-electron chi connectivity index (χ4n) is 1.35. The van der Waals surface area contributed by atoms with E-state index in [0.717, 1.165) is 12.1 Å². The molecule has 1 aromatic rings. The molecular weight excluding hydrogens is 308 g/mol. The molecule has 1 unspecified atom stereocenters. The van der Waals surface area contributed by atoms with Crippen LogP contribution in [-0.4, -0.2) is 31.0 Å². The largest absolute Gasteiger partial charge is 0.385 e. The van der Waals surface area contributed by atoms with Crippen molar-refractivity contribution in [1.82, 2.24) is 5.32 Å². The van der Waals surface area contributed by atoms with Crippen molar-refractivity contribution in [3.63, 3.8) is 0 Å². The van der Waals surface area contributed by atoms with Crippen molar-refractivity contribution in [2.75, 3.05) is 19.0 Å². The van der Waals surface area contributed by atoms with Gasteiger partial charge in [-0.05, 0) is 24.6 Å². The third kappa shape index (κ3) is 4.34. The zero-order chi connectivity index (χ0) is 13.5. The molecule has 0 aromatic heterocycles. The van der Waals surface area contributed by atoms with Gasteiger partial charge in [0.15, 0.2) is 11.6 Å². The van der Waals surface area contributed by atoms with Gasteiger partial charge in [-0.25, -0.2) is 8.78 Å². The van der Waals surface area contributed by atoms with Crippen LogP contribution in [0.3, 0.4) is 0 Å². The van der Waals surface area contributed by atoms with Crippen molar-refractivity contribution in [3.8, 4) is 0 Å². The first-order valence-corrected chi connectivity index (χ1v) is 6.51. The molecule has 1 aromatic carbocycles. The molecule has 0 spiro atoms. The summed E-state index contributed by atoms with van der Waals surface area (Å²) in [4.78, 5) is 11.8. The molecule has 6 heteroatoms. The fourth-order valence-corrected chi connectivity index (χ4v) is 1.84. The fraction of sp³-hybridized carbons (Fsp3) is 0.417. The van der Waals surface area contributed by atoms with E-state index in [1.807, 2.05) is 0 Å². The first kappa shape index (κ1) is 15.0. The van der Waals surface area contributed by atoms with Crippen LogP contribution in [0.15, 0.2) is 18.2 Å². The molecule has 100 valence electrons. The van der Waals surface area contributed by atoms with Crippen LogP contribution in [0.4, 0.5) is 8.78 Å². The zero-order valence-corrected chi connectivity index (χ0v) is 11.5. The number of amides is 1. The van der Waals surface area contributed by atoms with Gasteiger partial charge < -0.3 is 10.1 Å². The van der Waals surface area contributed by atoms with Crippen LogP contribution in [-0.2, 0) is 4.74 Å². The highest BCUT2D eigenvalue weighted by atomic mass is 79.9. The summed E-state index contributed by atoms with van der Waals surface area (Å²) in [6.45, 7) is 0.508. The normalized spacial score (nSPS) is 12.2. The highest BCUT2D eigenvalue weighted by Crippen LogP contribution is 2.09. The standard InChI is InChI=1S/C12H14BrF2NO2/c1-18-5-4-9(7-13)16-12(17)8-2-3-10(14)11(15)6-8/h2-3,6,9H,4-5,7H2,1H3,(H,16,17). The average molecular weight is 322 g/mol. The van der Waals surface area contributed by atoms with Crippen LogP contribution < -0.4 is 5.32 Å². The molecule has 0 aliphatic carbocycles. The number of halogens is 3. The van der Waals surface area contributed by atoms with Crippen molar-refractivity contribution in [2.45, 2.75) is 12.5 Å². The Morgan fingerprint density at radius 1 is 1.44 bits per heavy atom. The number of carbonyl (C=O) groups excluding carboxylic acids is 1. The molecule has 0 saturated carbocycles. The summed E-state index contributed by atoms with van der Waals surface area (Å²) in [6.07, 6.45) is 0.636. The number of methoxy groups -OCH3 is 1. The summed E-state index contributed by atoms with van der Waals surface area (Å²) in [5.41, 5.74) is 0.0947.